The summed E-state index contributed by atoms with van der Waals surface area (Å²) in [6, 6.07) is 52.4. The summed E-state index contributed by atoms with van der Waals surface area (Å²) in [5, 5.41) is 6.72. The van der Waals surface area contributed by atoms with Gasteiger partial charge in [-0.1, -0.05) is 143 Å². The summed E-state index contributed by atoms with van der Waals surface area (Å²) in [6.07, 6.45) is 0. The maximum absolute atomic E-state index is 5.18. The Kier molecular flexibility index (Phi) is 5.80. The van der Waals surface area contributed by atoms with Crippen molar-refractivity contribution in [1.82, 2.24) is 9.97 Å². The first-order chi connectivity index (χ1) is 24.8. The Morgan fingerprint density at radius 1 is 0.412 bits per heavy atom. The van der Waals surface area contributed by atoms with Crippen LogP contribution in [0.5, 0.6) is 0 Å². The molecule has 0 aliphatic heterocycles. The predicted molar refractivity (Wildman–Crippen MR) is 215 cm³/mol. The van der Waals surface area contributed by atoms with Gasteiger partial charge in [-0.15, -0.1) is 0 Å². The number of hydrogen-bond donors (Lipinski definition) is 0. The highest BCUT2D eigenvalue weighted by atomic mass is 31.1. The number of rotatable bonds is 3. The summed E-state index contributed by atoms with van der Waals surface area (Å²) in [4.78, 5) is 10.4. The zero-order valence-corrected chi connectivity index (χ0v) is 30.0. The average molecular weight is 671 g/mol. The second-order valence-electron chi connectivity index (χ2n) is 15.4. The fraction of sp³-hybridized carbons (Fsp3) is 0.125. The van der Waals surface area contributed by atoms with Gasteiger partial charge in [-0.2, -0.15) is 0 Å². The molecule has 1 aromatic heterocycles. The van der Waals surface area contributed by atoms with Gasteiger partial charge in [-0.3, -0.25) is 0 Å². The van der Waals surface area contributed by atoms with Crippen LogP contribution >= 0.6 is 7.92 Å². The van der Waals surface area contributed by atoms with Gasteiger partial charge in [-0.05, 0) is 98.0 Å². The number of fused-ring (bicyclic) bond motifs is 10. The second-order valence-corrected chi connectivity index (χ2v) is 17.6. The Balaban J connectivity index is 1.17. The van der Waals surface area contributed by atoms with Crippen LogP contribution in [0.4, 0.5) is 0 Å². The maximum atomic E-state index is 5.18. The summed E-state index contributed by atoms with van der Waals surface area (Å²) in [5.41, 5.74) is 17.2. The molecule has 3 aliphatic carbocycles. The monoisotopic (exact) mass is 670 g/mol. The van der Waals surface area contributed by atoms with E-state index >= 15 is 0 Å². The molecule has 0 fully saturated rings. The van der Waals surface area contributed by atoms with E-state index in [-0.39, 0.29) is 10.8 Å². The van der Waals surface area contributed by atoms with E-state index in [1.54, 1.807) is 0 Å². The number of nitrogens with zero attached hydrogens (tertiary/aromatic N) is 2. The van der Waals surface area contributed by atoms with Crippen molar-refractivity contribution in [1.29, 1.82) is 0 Å². The third-order valence-corrected chi connectivity index (χ3v) is 14.5. The minimum atomic E-state index is -0.938. The van der Waals surface area contributed by atoms with E-state index in [2.05, 4.69) is 155 Å². The molecule has 0 bridgehead atoms. The second kappa shape index (κ2) is 10.1. The number of para-hydroxylation sites is 2. The standard InChI is InChI=1S/C48H35N2P/c1-47(2)37-16-7-5-12-30(37)32-22-20-28(26-39(32)47)51(29-21-23-33-31-13-6-8-17-38(31)48(3,4)40(33)27-29)43-25-24-36-44-34(43)14-11-15-35(44)45-46(36)50-42-19-10-9-18-41(42)49-45/h5-27H,1-4H3. The van der Waals surface area contributed by atoms with Crippen LogP contribution in [0.15, 0.2) is 140 Å². The van der Waals surface area contributed by atoms with Crippen LogP contribution in [-0.2, 0) is 10.8 Å². The van der Waals surface area contributed by atoms with Gasteiger partial charge in [-0.25, -0.2) is 9.97 Å². The maximum Gasteiger partial charge on any atom is 0.0979 e. The Labute approximate surface area is 299 Å². The predicted octanol–water partition coefficient (Wildman–Crippen LogP) is 10.8. The fourth-order valence-corrected chi connectivity index (χ4v) is 11.9. The van der Waals surface area contributed by atoms with Crippen LogP contribution in [0, 0.1) is 0 Å². The minimum Gasteiger partial charge on any atom is -0.244 e. The SMILES string of the molecule is CC1(C)c2ccccc2-c2ccc(P(c3ccc4c(c3)C(C)(C)c3ccccc3-4)c3ccc4c5c(cccc35)-c3nc5ccccc5nc3-4)cc21. The molecule has 0 saturated carbocycles. The number of hydrogen-bond acceptors (Lipinski definition) is 2. The van der Waals surface area contributed by atoms with Crippen LogP contribution in [0.25, 0.3) is 66.6 Å². The highest BCUT2D eigenvalue weighted by Crippen LogP contribution is 2.53. The number of benzene rings is 7. The Morgan fingerprint density at radius 3 is 1.43 bits per heavy atom. The van der Waals surface area contributed by atoms with Crippen molar-refractivity contribution < 1.29 is 0 Å². The van der Waals surface area contributed by atoms with Crippen molar-refractivity contribution in [3.8, 4) is 44.8 Å². The first kappa shape index (κ1) is 29.3. The lowest BCUT2D eigenvalue weighted by atomic mass is 9.82. The quantitative estimate of drug-likeness (QED) is 0.175. The minimum absolute atomic E-state index is 0.0759. The molecule has 51 heavy (non-hydrogen) atoms. The lowest BCUT2D eigenvalue weighted by molar-refractivity contribution is 0.661. The van der Waals surface area contributed by atoms with E-state index in [1.807, 2.05) is 12.1 Å². The van der Waals surface area contributed by atoms with E-state index in [9.17, 15) is 0 Å². The van der Waals surface area contributed by atoms with Crippen LogP contribution in [0.3, 0.4) is 0 Å². The van der Waals surface area contributed by atoms with Gasteiger partial charge in [0, 0.05) is 27.3 Å². The van der Waals surface area contributed by atoms with Crippen LogP contribution < -0.4 is 15.9 Å². The largest absolute Gasteiger partial charge is 0.244 e. The Bertz CT molecular complexity index is 2670. The molecule has 0 radical (unpaired) electrons. The van der Waals surface area contributed by atoms with E-state index in [0.29, 0.717) is 0 Å². The van der Waals surface area contributed by atoms with Crippen molar-refractivity contribution in [3.05, 3.63) is 162 Å². The smallest absolute Gasteiger partial charge is 0.0979 e. The molecule has 0 N–H and O–H groups in total. The normalized spacial score (nSPS) is 15.2. The van der Waals surface area contributed by atoms with Gasteiger partial charge >= 0.3 is 0 Å². The van der Waals surface area contributed by atoms with Gasteiger partial charge in [0.05, 0.1) is 22.4 Å². The highest BCUT2D eigenvalue weighted by molar-refractivity contribution is 7.80. The van der Waals surface area contributed by atoms with Gasteiger partial charge in [0.1, 0.15) is 0 Å². The molecule has 242 valence electrons. The molecule has 0 saturated heterocycles. The lowest BCUT2D eigenvalue weighted by Crippen LogP contribution is -2.25. The van der Waals surface area contributed by atoms with Crippen LogP contribution in [0.2, 0.25) is 0 Å². The molecule has 0 amide bonds. The van der Waals surface area contributed by atoms with E-state index in [4.69, 9.17) is 9.97 Å². The summed E-state index contributed by atoms with van der Waals surface area (Å²) < 4.78 is 0. The molecule has 8 aromatic rings. The molecule has 0 atom stereocenters. The third kappa shape index (κ3) is 3.86. The van der Waals surface area contributed by atoms with Crippen molar-refractivity contribution in [2.24, 2.45) is 0 Å². The summed E-state index contributed by atoms with van der Waals surface area (Å²) in [7, 11) is -0.938. The molecule has 1 heterocycles. The topological polar surface area (TPSA) is 25.8 Å². The van der Waals surface area contributed by atoms with Gasteiger partial charge in [0.25, 0.3) is 0 Å². The Hall–Kier alpha value is -5.43. The van der Waals surface area contributed by atoms with E-state index < -0.39 is 7.92 Å². The molecule has 11 rings (SSSR count). The molecule has 7 aromatic carbocycles. The van der Waals surface area contributed by atoms with Gasteiger partial charge in [0.2, 0.25) is 0 Å². The first-order valence-corrected chi connectivity index (χ1v) is 19.3. The summed E-state index contributed by atoms with van der Waals surface area (Å²) >= 11 is 0. The average Bonchev–Trinajstić information content (AvgIpc) is 3.69. The Morgan fingerprint density at radius 2 is 0.863 bits per heavy atom. The first-order valence-electron chi connectivity index (χ1n) is 17.9. The van der Waals surface area contributed by atoms with E-state index in [1.165, 1.54) is 82.3 Å². The molecule has 2 nitrogen and oxygen atoms in total. The van der Waals surface area contributed by atoms with Crippen molar-refractivity contribution >= 4 is 45.6 Å². The molecular weight excluding hydrogens is 636 g/mol. The van der Waals surface area contributed by atoms with Gasteiger partial charge < -0.3 is 0 Å². The van der Waals surface area contributed by atoms with Gasteiger partial charge in [0.15, 0.2) is 0 Å². The molecule has 0 unspecified atom stereocenters. The lowest BCUT2D eigenvalue weighted by Gasteiger charge is -2.27. The van der Waals surface area contributed by atoms with Crippen LogP contribution in [-0.4, -0.2) is 9.97 Å². The number of aromatic nitrogens is 2. The zero-order chi connectivity index (χ0) is 34.2. The fourth-order valence-electron chi connectivity index (χ4n) is 9.45. The molecule has 0 spiro atoms. The highest BCUT2D eigenvalue weighted by Gasteiger charge is 2.38. The van der Waals surface area contributed by atoms with Crippen LogP contribution in [0.1, 0.15) is 49.9 Å². The third-order valence-electron chi connectivity index (χ3n) is 12.0. The zero-order valence-electron chi connectivity index (χ0n) is 29.1. The van der Waals surface area contributed by atoms with Crippen molar-refractivity contribution in [2.45, 2.75) is 38.5 Å². The molecule has 3 heteroatoms. The molecular formula is C48H35N2P. The summed E-state index contributed by atoms with van der Waals surface area (Å²) in [5.74, 6) is 0. The van der Waals surface area contributed by atoms with E-state index in [0.717, 1.165) is 22.4 Å². The van der Waals surface area contributed by atoms with Crippen molar-refractivity contribution in [2.75, 3.05) is 0 Å². The summed E-state index contributed by atoms with van der Waals surface area (Å²) in [6.45, 7) is 9.55. The van der Waals surface area contributed by atoms with Crippen molar-refractivity contribution in [3.63, 3.8) is 0 Å². The molecule has 3 aliphatic rings.